The largest absolute Gasteiger partial charge is 0.492 e. The second-order valence-electron chi connectivity index (χ2n) is 4.20. The van der Waals surface area contributed by atoms with Crippen molar-refractivity contribution in [3.8, 4) is 5.75 Å². The standard InChI is InChI=1S/C15H26N2O3/c1-5-17-14(15(19-7-3)20-8-4)12-9-13(18-6-2)11-16-10-12/h9-11,14-15,17H,5-8H2,1-4H3. The zero-order valence-corrected chi connectivity index (χ0v) is 12.9. The zero-order chi connectivity index (χ0) is 14.8. The van der Waals surface area contributed by atoms with Crippen LogP contribution in [0.1, 0.15) is 39.3 Å². The van der Waals surface area contributed by atoms with Crippen molar-refractivity contribution in [1.29, 1.82) is 0 Å². The minimum Gasteiger partial charge on any atom is -0.492 e. The van der Waals surface area contributed by atoms with Crippen LogP contribution in [-0.2, 0) is 9.47 Å². The molecule has 1 aromatic heterocycles. The average Bonchev–Trinajstić information content (AvgIpc) is 2.45. The number of hydrogen-bond acceptors (Lipinski definition) is 5. The first kappa shape index (κ1) is 16.9. The number of hydrogen-bond donors (Lipinski definition) is 1. The van der Waals surface area contributed by atoms with E-state index in [0.29, 0.717) is 19.8 Å². The lowest BCUT2D eigenvalue weighted by Gasteiger charge is -2.27. The third-order valence-electron chi connectivity index (χ3n) is 2.76. The van der Waals surface area contributed by atoms with Crippen molar-refractivity contribution in [3.63, 3.8) is 0 Å². The third kappa shape index (κ3) is 5.07. The van der Waals surface area contributed by atoms with Crippen LogP contribution in [0.2, 0.25) is 0 Å². The van der Waals surface area contributed by atoms with Crippen LogP contribution < -0.4 is 10.1 Å². The quantitative estimate of drug-likeness (QED) is 0.668. The molecule has 0 fully saturated rings. The van der Waals surface area contributed by atoms with Crippen molar-refractivity contribution in [2.45, 2.75) is 40.0 Å². The summed E-state index contributed by atoms with van der Waals surface area (Å²) in [4.78, 5) is 4.23. The molecule has 0 saturated heterocycles. The summed E-state index contributed by atoms with van der Waals surface area (Å²) in [6.07, 6.45) is 3.20. The molecule has 1 rings (SSSR count). The van der Waals surface area contributed by atoms with E-state index in [1.165, 1.54) is 0 Å². The Balaban J connectivity index is 2.94. The molecule has 0 amide bonds. The molecular formula is C15H26N2O3. The summed E-state index contributed by atoms with van der Waals surface area (Å²) in [5, 5.41) is 3.39. The highest BCUT2D eigenvalue weighted by atomic mass is 16.7. The van der Waals surface area contributed by atoms with E-state index < -0.39 is 0 Å². The highest BCUT2D eigenvalue weighted by molar-refractivity contribution is 5.26. The first-order valence-electron chi connectivity index (χ1n) is 7.31. The topological polar surface area (TPSA) is 52.6 Å². The number of nitrogens with one attached hydrogen (secondary N) is 1. The average molecular weight is 282 g/mol. The van der Waals surface area contributed by atoms with Crippen LogP contribution in [0.5, 0.6) is 5.75 Å². The van der Waals surface area contributed by atoms with E-state index >= 15 is 0 Å². The predicted molar refractivity (Wildman–Crippen MR) is 78.9 cm³/mol. The van der Waals surface area contributed by atoms with E-state index in [1.54, 1.807) is 6.20 Å². The molecule has 114 valence electrons. The van der Waals surface area contributed by atoms with Crippen molar-refractivity contribution >= 4 is 0 Å². The Morgan fingerprint density at radius 3 is 2.30 bits per heavy atom. The molecule has 0 aliphatic carbocycles. The summed E-state index contributed by atoms with van der Waals surface area (Å²) in [7, 11) is 0. The van der Waals surface area contributed by atoms with Gasteiger partial charge in [-0.2, -0.15) is 0 Å². The molecule has 0 radical (unpaired) electrons. The first-order chi connectivity index (χ1) is 9.76. The molecule has 1 aromatic rings. The maximum absolute atomic E-state index is 5.70. The Morgan fingerprint density at radius 1 is 1.05 bits per heavy atom. The lowest BCUT2D eigenvalue weighted by Crippen LogP contribution is -2.36. The fourth-order valence-corrected chi connectivity index (χ4v) is 2.01. The molecule has 1 heterocycles. The van der Waals surface area contributed by atoms with Gasteiger partial charge in [0.1, 0.15) is 5.75 Å². The van der Waals surface area contributed by atoms with Gasteiger partial charge in [-0.25, -0.2) is 0 Å². The molecule has 1 unspecified atom stereocenters. The minimum atomic E-state index is -0.330. The summed E-state index contributed by atoms with van der Waals surface area (Å²) >= 11 is 0. The Labute approximate surface area is 121 Å². The van der Waals surface area contributed by atoms with Crippen molar-refractivity contribution in [1.82, 2.24) is 10.3 Å². The molecule has 0 saturated carbocycles. The van der Waals surface area contributed by atoms with Crippen molar-refractivity contribution in [2.75, 3.05) is 26.4 Å². The van der Waals surface area contributed by atoms with Crippen LogP contribution >= 0.6 is 0 Å². The molecule has 0 aliphatic rings. The van der Waals surface area contributed by atoms with Crippen molar-refractivity contribution in [3.05, 3.63) is 24.0 Å². The molecule has 20 heavy (non-hydrogen) atoms. The van der Waals surface area contributed by atoms with Crippen molar-refractivity contribution < 1.29 is 14.2 Å². The van der Waals surface area contributed by atoms with Crippen LogP contribution in [0.4, 0.5) is 0 Å². The number of aromatic nitrogens is 1. The van der Waals surface area contributed by atoms with Crippen molar-refractivity contribution in [2.24, 2.45) is 0 Å². The molecule has 0 bridgehead atoms. The SMILES string of the molecule is CCNC(c1cncc(OCC)c1)C(OCC)OCC. The molecule has 1 N–H and O–H groups in total. The lowest BCUT2D eigenvalue weighted by atomic mass is 10.1. The maximum atomic E-state index is 5.70. The molecule has 5 heteroatoms. The van der Waals surface area contributed by atoms with Crippen LogP contribution in [0.15, 0.2) is 18.5 Å². The monoisotopic (exact) mass is 282 g/mol. The molecule has 1 atom stereocenters. The predicted octanol–water partition coefficient (Wildman–Crippen LogP) is 2.53. The van der Waals surface area contributed by atoms with Gasteiger partial charge in [-0.1, -0.05) is 6.92 Å². The van der Waals surface area contributed by atoms with Crippen LogP contribution in [0.25, 0.3) is 0 Å². The Morgan fingerprint density at radius 2 is 1.75 bits per heavy atom. The van der Waals surface area contributed by atoms with Crippen LogP contribution in [0, 0.1) is 0 Å². The molecular weight excluding hydrogens is 256 g/mol. The number of pyridine rings is 1. The van der Waals surface area contributed by atoms with Gasteiger partial charge in [-0.05, 0) is 38.9 Å². The van der Waals surface area contributed by atoms with E-state index in [9.17, 15) is 0 Å². The second-order valence-corrected chi connectivity index (χ2v) is 4.20. The first-order valence-corrected chi connectivity index (χ1v) is 7.31. The summed E-state index contributed by atoms with van der Waals surface area (Å²) < 4.78 is 16.9. The van der Waals surface area contributed by atoms with Gasteiger partial charge in [0.15, 0.2) is 6.29 Å². The fraction of sp³-hybridized carbons (Fsp3) is 0.667. The molecule has 0 spiro atoms. The summed E-state index contributed by atoms with van der Waals surface area (Å²) in [6.45, 7) is 10.6. The van der Waals surface area contributed by atoms with Gasteiger partial charge in [0.05, 0.1) is 18.8 Å². The van der Waals surface area contributed by atoms with E-state index in [-0.39, 0.29) is 12.3 Å². The molecule has 0 aromatic carbocycles. The summed E-state index contributed by atoms with van der Waals surface area (Å²) in [5.74, 6) is 0.764. The fourth-order valence-electron chi connectivity index (χ4n) is 2.01. The number of ether oxygens (including phenoxy) is 3. The number of nitrogens with zero attached hydrogens (tertiary/aromatic N) is 1. The number of likely N-dealkylation sites (N-methyl/N-ethyl adjacent to an activating group) is 1. The van der Waals surface area contributed by atoms with Gasteiger partial charge in [0.25, 0.3) is 0 Å². The second kappa shape index (κ2) is 9.69. The van der Waals surface area contributed by atoms with Gasteiger partial charge in [-0.3, -0.25) is 4.98 Å². The maximum Gasteiger partial charge on any atom is 0.176 e. The third-order valence-corrected chi connectivity index (χ3v) is 2.76. The zero-order valence-electron chi connectivity index (χ0n) is 12.9. The summed E-state index contributed by atoms with van der Waals surface area (Å²) in [5.41, 5.74) is 1.00. The number of rotatable bonds is 10. The van der Waals surface area contributed by atoms with Crippen LogP contribution in [0.3, 0.4) is 0 Å². The van der Waals surface area contributed by atoms with Gasteiger partial charge in [-0.15, -0.1) is 0 Å². The molecule has 5 nitrogen and oxygen atoms in total. The molecule has 0 aliphatic heterocycles. The minimum absolute atomic E-state index is 0.0622. The van der Waals surface area contributed by atoms with Gasteiger partial charge >= 0.3 is 0 Å². The normalized spacial score (nSPS) is 12.7. The lowest BCUT2D eigenvalue weighted by molar-refractivity contribution is -0.155. The highest BCUT2D eigenvalue weighted by Gasteiger charge is 2.24. The summed E-state index contributed by atoms with van der Waals surface area (Å²) in [6, 6.07) is 1.92. The van der Waals surface area contributed by atoms with Gasteiger partial charge in [0.2, 0.25) is 0 Å². The van der Waals surface area contributed by atoms with E-state index in [0.717, 1.165) is 17.9 Å². The smallest absolute Gasteiger partial charge is 0.176 e. The highest BCUT2D eigenvalue weighted by Crippen LogP contribution is 2.23. The van der Waals surface area contributed by atoms with Gasteiger partial charge < -0.3 is 19.5 Å². The van der Waals surface area contributed by atoms with Crippen LogP contribution in [-0.4, -0.2) is 37.6 Å². The van der Waals surface area contributed by atoms with E-state index in [4.69, 9.17) is 14.2 Å². The Bertz CT molecular complexity index is 368. The Hall–Kier alpha value is -1.17. The van der Waals surface area contributed by atoms with E-state index in [2.05, 4.69) is 17.2 Å². The van der Waals surface area contributed by atoms with Gasteiger partial charge in [0, 0.05) is 19.4 Å². The Kier molecular flexibility index (Phi) is 8.18. The van der Waals surface area contributed by atoms with E-state index in [1.807, 2.05) is 33.0 Å².